The van der Waals surface area contributed by atoms with Crippen molar-refractivity contribution in [3.63, 3.8) is 0 Å². The summed E-state index contributed by atoms with van der Waals surface area (Å²) in [6, 6.07) is 6.80. The highest BCUT2D eigenvalue weighted by molar-refractivity contribution is 6.06. The van der Waals surface area contributed by atoms with Gasteiger partial charge in [0, 0.05) is 7.05 Å². The lowest BCUT2D eigenvalue weighted by atomic mass is 9.92. The van der Waals surface area contributed by atoms with Crippen molar-refractivity contribution < 1.29 is 14.3 Å². The van der Waals surface area contributed by atoms with Crippen molar-refractivity contribution >= 4 is 11.9 Å². The Labute approximate surface area is 106 Å². The Kier molecular flexibility index (Phi) is 2.98. The van der Waals surface area contributed by atoms with Crippen LogP contribution in [0.25, 0.3) is 0 Å². The van der Waals surface area contributed by atoms with Crippen LogP contribution in [0.4, 0.5) is 4.79 Å². The van der Waals surface area contributed by atoms with E-state index in [1.165, 1.54) is 7.05 Å². The van der Waals surface area contributed by atoms with Crippen LogP contribution in [0.3, 0.4) is 0 Å². The summed E-state index contributed by atoms with van der Waals surface area (Å²) in [5.41, 5.74) is -0.245. The highest BCUT2D eigenvalue weighted by Gasteiger charge is 2.47. The number of rotatable bonds is 3. The average molecular weight is 248 g/mol. The van der Waals surface area contributed by atoms with Crippen LogP contribution in [-0.2, 0) is 10.3 Å². The van der Waals surface area contributed by atoms with Gasteiger partial charge in [-0.25, -0.2) is 4.79 Å². The summed E-state index contributed by atoms with van der Waals surface area (Å²) in [6.07, 6.45) is 0. The molecule has 0 aromatic heterocycles. The van der Waals surface area contributed by atoms with Crippen molar-refractivity contribution in [2.24, 2.45) is 0 Å². The van der Waals surface area contributed by atoms with Gasteiger partial charge in [0.2, 0.25) is 0 Å². The van der Waals surface area contributed by atoms with E-state index in [0.29, 0.717) is 6.61 Å². The monoisotopic (exact) mass is 248 g/mol. The van der Waals surface area contributed by atoms with Gasteiger partial charge in [0.05, 0.1) is 6.61 Å². The molecule has 0 radical (unpaired) electrons. The van der Waals surface area contributed by atoms with Gasteiger partial charge in [-0.3, -0.25) is 9.69 Å². The maximum absolute atomic E-state index is 12.1. The van der Waals surface area contributed by atoms with Gasteiger partial charge in [-0.2, -0.15) is 0 Å². The van der Waals surface area contributed by atoms with Gasteiger partial charge >= 0.3 is 6.03 Å². The van der Waals surface area contributed by atoms with Crippen molar-refractivity contribution in [3.8, 4) is 5.75 Å². The molecule has 1 atom stereocenters. The van der Waals surface area contributed by atoms with Gasteiger partial charge in [0.1, 0.15) is 11.3 Å². The number of nitrogens with one attached hydrogen (secondary N) is 1. The highest BCUT2D eigenvalue weighted by atomic mass is 16.5. The fourth-order valence-corrected chi connectivity index (χ4v) is 2.03. The van der Waals surface area contributed by atoms with Gasteiger partial charge in [-0.15, -0.1) is 0 Å². The van der Waals surface area contributed by atoms with Gasteiger partial charge in [0.15, 0.2) is 0 Å². The largest absolute Gasteiger partial charge is 0.494 e. The van der Waals surface area contributed by atoms with Gasteiger partial charge in [-0.1, -0.05) is 12.1 Å². The molecule has 1 heterocycles. The number of ether oxygens (including phenoxy) is 1. The van der Waals surface area contributed by atoms with Crippen LogP contribution in [-0.4, -0.2) is 30.5 Å². The Morgan fingerprint density at radius 3 is 2.33 bits per heavy atom. The van der Waals surface area contributed by atoms with E-state index in [-0.39, 0.29) is 11.9 Å². The number of amides is 3. The van der Waals surface area contributed by atoms with E-state index in [1.54, 1.807) is 31.2 Å². The number of imide groups is 1. The maximum atomic E-state index is 12.1. The quantitative estimate of drug-likeness (QED) is 0.824. The molecule has 1 aliphatic heterocycles. The normalized spacial score (nSPS) is 23.2. The second-order valence-corrected chi connectivity index (χ2v) is 4.38. The molecule has 18 heavy (non-hydrogen) atoms. The van der Waals surface area contributed by atoms with Gasteiger partial charge < -0.3 is 10.1 Å². The highest BCUT2D eigenvalue weighted by Crippen LogP contribution is 2.29. The molecule has 5 heteroatoms. The second kappa shape index (κ2) is 4.33. The van der Waals surface area contributed by atoms with Crippen LogP contribution in [0.5, 0.6) is 5.75 Å². The van der Waals surface area contributed by atoms with Crippen molar-refractivity contribution in [3.05, 3.63) is 29.8 Å². The van der Waals surface area contributed by atoms with Crippen LogP contribution in [0, 0.1) is 0 Å². The molecule has 0 unspecified atom stereocenters. The molecule has 1 N–H and O–H groups in total. The summed E-state index contributed by atoms with van der Waals surface area (Å²) in [5.74, 6) is 0.492. The molecule has 0 aliphatic carbocycles. The molecule has 3 amide bonds. The lowest BCUT2D eigenvalue weighted by Crippen LogP contribution is -2.40. The molecule has 1 aliphatic rings. The van der Waals surface area contributed by atoms with Gasteiger partial charge in [0.25, 0.3) is 5.91 Å². The first kappa shape index (κ1) is 12.4. The Hall–Kier alpha value is -2.04. The molecular weight excluding hydrogens is 232 g/mol. The summed E-state index contributed by atoms with van der Waals surface area (Å²) in [7, 11) is 1.47. The fourth-order valence-electron chi connectivity index (χ4n) is 2.03. The molecule has 0 spiro atoms. The van der Waals surface area contributed by atoms with E-state index >= 15 is 0 Å². The molecule has 96 valence electrons. The summed E-state index contributed by atoms with van der Waals surface area (Å²) in [5, 5.41) is 2.69. The van der Waals surface area contributed by atoms with E-state index in [4.69, 9.17) is 4.74 Å². The van der Waals surface area contributed by atoms with Crippen LogP contribution in [0.15, 0.2) is 24.3 Å². The third-order valence-corrected chi connectivity index (χ3v) is 3.14. The molecule has 0 bridgehead atoms. The summed E-state index contributed by atoms with van der Waals surface area (Å²) < 4.78 is 5.34. The number of carbonyl (C=O) groups excluding carboxylic acids is 2. The minimum atomic E-state index is -0.990. The molecular formula is C13H16N2O3. The van der Waals surface area contributed by atoms with Crippen molar-refractivity contribution in [2.45, 2.75) is 19.4 Å². The number of hydrogen-bond donors (Lipinski definition) is 1. The first-order chi connectivity index (χ1) is 8.49. The number of carbonyl (C=O) groups is 2. The second-order valence-electron chi connectivity index (χ2n) is 4.38. The summed E-state index contributed by atoms with van der Waals surface area (Å²) in [6.45, 7) is 4.20. The third-order valence-electron chi connectivity index (χ3n) is 3.14. The smallest absolute Gasteiger partial charge is 0.325 e. The summed E-state index contributed by atoms with van der Waals surface area (Å²) in [4.78, 5) is 24.7. The number of benzene rings is 1. The molecule has 5 nitrogen and oxygen atoms in total. The first-order valence-corrected chi connectivity index (χ1v) is 5.82. The standard InChI is InChI=1S/C13H16N2O3/c1-4-18-10-7-5-9(6-8-10)13(2)11(16)15(3)12(17)14-13/h5-8H,4H2,1-3H3,(H,14,17)/t13-/m0/s1. The van der Waals surface area contributed by atoms with Crippen LogP contribution >= 0.6 is 0 Å². The van der Waals surface area contributed by atoms with E-state index in [9.17, 15) is 9.59 Å². The molecule has 1 saturated heterocycles. The zero-order valence-corrected chi connectivity index (χ0v) is 10.7. The Balaban J connectivity index is 2.31. The molecule has 1 fully saturated rings. The Morgan fingerprint density at radius 2 is 1.89 bits per heavy atom. The predicted molar refractivity (Wildman–Crippen MR) is 66.3 cm³/mol. The topological polar surface area (TPSA) is 58.6 Å². The summed E-state index contributed by atoms with van der Waals surface area (Å²) >= 11 is 0. The zero-order chi connectivity index (χ0) is 13.3. The van der Waals surface area contributed by atoms with Crippen LogP contribution in [0.1, 0.15) is 19.4 Å². The van der Waals surface area contributed by atoms with Crippen molar-refractivity contribution in [2.75, 3.05) is 13.7 Å². The molecule has 2 rings (SSSR count). The number of nitrogens with zero attached hydrogens (tertiary/aromatic N) is 1. The SMILES string of the molecule is CCOc1ccc([C@]2(C)NC(=O)N(C)C2=O)cc1. The molecule has 1 aromatic carbocycles. The maximum Gasteiger partial charge on any atom is 0.325 e. The average Bonchev–Trinajstić information content (AvgIpc) is 2.56. The third kappa shape index (κ3) is 1.81. The Bertz CT molecular complexity index is 484. The minimum absolute atomic E-state index is 0.253. The molecule has 1 aromatic rings. The lowest BCUT2D eigenvalue weighted by Gasteiger charge is -2.21. The number of hydrogen-bond acceptors (Lipinski definition) is 3. The van der Waals surface area contributed by atoms with Crippen LogP contribution in [0.2, 0.25) is 0 Å². The fraction of sp³-hybridized carbons (Fsp3) is 0.385. The van der Waals surface area contributed by atoms with E-state index in [2.05, 4.69) is 5.32 Å². The zero-order valence-electron chi connectivity index (χ0n) is 10.7. The molecule has 0 saturated carbocycles. The minimum Gasteiger partial charge on any atom is -0.494 e. The predicted octanol–water partition coefficient (Wildman–Crippen LogP) is 1.48. The number of urea groups is 1. The lowest BCUT2D eigenvalue weighted by molar-refractivity contribution is -0.130. The van der Waals surface area contributed by atoms with E-state index in [0.717, 1.165) is 16.2 Å². The van der Waals surface area contributed by atoms with E-state index < -0.39 is 5.54 Å². The number of likely N-dealkylation sites (N-methyl/N-ethyl adjacent to an activating group) is 1. The van der Waals surface area contributed by atoms with E-state index in [1.807, 2.05) is 6.92 Å². The van der Waals surface area contributed by atoms with Crippen molar-refractivity contribution in [1.82, 2.24) is 10.2 Å². The van der Waals surface area contributed by atoms with Gasteiger partial charge in [-0.05, 0) is 31.5 Å². The van der Waals surface area contributed by atoms with Crippen LogP contribution < -0.4 is 10.1 Å². The van der Waals surface area contributed by atoms with Crippen molar-refractivity contribution in [1.29, 1.82) is 0 Å². The Morgan fingerprint density at radius 1 is 1.28 bits per heavy atom. The first-order valence-electron chi connectivity index (χ1n) is 5.82.